The van der Waals surface area contributed by atoms with E-state index in [4.69, 9.17) is 25.3 Å². The number of carbonyl (C=O) groups excluding carboxylic acids is 2. The molecule has 32 heavy (non-hydrogen) atoms. The van der Waals surface area contributed by atoms with E-state index >= 15 is 0 Å². The zero-order valence-corrected chi connectivity index (χ0v) is 21.7. The predicted molar refractivity (Wildman–Crippen MR) is 124 cm³/mol. The van der Waals surface area contributed by atoms with Gasteiger partial charge >= 0.3 is 15.5 Å². The Kier molecular flexibility index (Phi) is 13.9. The van der Waals surface area contributed by atoms with Gasteiger partial charge in [-0.1, -0.05) is 27.7 Å². The van der Waals surface area contributed by atoms with E-state index in [1.165, 1.54) is 0 Å². The molecule has 0 bridgehead atoms. The molecular weight excluding hydrogens is 458 g/mol. The van der Waals surface area contributed by atoms with Gasteiger partial charge in [-0.2, -0.15) is 0 Å². The topological polar surface area (TPSA) is 179 Å². The van der Waals surface area contributed by atoms with Gasteiger partial charge in [0.25, 0.3) is 0 Å². The van der Waals surface area contributed by atoms with Crippen LogP contribution in [0.2, 0.25) is 0 Å². The second-order valence-electron chi connectivity index (χ2n) is 9.95. The minimum Gasteiger partial charge on any atom is -0.313 e. The lowest BCUT2D eigenvalue weighted by molar-refractivity contribution is -0.120. The molecule has 0 heterocycles. The molecule has 0 aliphatic rings. The van der Waals surface area contributed by atoms with E-state index in [0.717, 1.165) is 6.42 Å². The van der Waals surface area contributed by atoms with Crippen LogP contribution in [-0.2, 0) is 27.8 Å². The Hall–Kier alpha value is -0.440. The first-order chi connectivity index (χ1) is 14.4. The largest absolute Gasteiger partial charge is 0.400 e. The molecule has 0 radical (unpaired) electrons. The van der Waals surface area contributed by atoms with Crippen molar-refractivity contribution < 1.29 is 37.6 Å². The van der Waals surface area contributed by atoms with Crippen molar-refractivity contribution in [2.75, 3.05) is 13.2 Å². The number of Topliss-reactive ketones (excluding diaryl/α,β-unsaturated/α-hetero) is 2. The average molecular weight is 501 g/mol. The highest BCUT2D eigenvalue weighted by Gasteiger charge is 2.23. The second-order valence-corrected chi connectivity index (χ2v) is 12.7. The third kappa shape index (κ3) is 20.2. The highest BCUT2D eigenvalue weighted by molar-refractivity contribution is 7.50. The van der Waals surface area contributed by atoms with Gasteiger partial charge in [-0.15, -0.1) is 0 Å². The quantitative estimate of drug-likeness (QED) is 0.148. The van der Waals surface area contributed by atoms with E-state index in [1.807, 2.05) is 27.7 Å². The average Bonchev–Trinajstić information content (AvgIpc) is 2.61. The molecule has 0 aliphatic heterocycles. The summed E-state index contributed by atoms with van der Waals surface area (Å²) in [5.74, 6) is 0.222. The number of hydrogen-bond acceptors (Lipinski definition) is 6. The molecule has 2 atom stereocenters. The van der Waals surface area contributed by atoms with Gasteiger partial charge in [-0.05, 0) is 49.4 Å². The van der Waals surface area contributed by atoms with E-state index in [0.29, 0.717) is 57.8 Å². The van der Waals surface area contributed by atoms with Crippen molar-refractivity contribution in [2.45, 2.75) is 91.9 Å². The van der Waals surface area contributed by atoms with Gasteiger partial charge in [-0.3, -0.25) is 18.6 Å². The molecule has 0 aromatic rings. The van der Waals surface area contributed by atoms with Crippen molar-refractivity contribution in [2.24, 2.45) is 21.8 Å². The summed E-state index contributed by atoms with van der Waals surface area (Å²) in [6, 6.07) is 0. The number of rotatable bonds is 19. The Morgan fingerprint density at radius 3 is 1.72 bits per heavy atom. The number of nitrogens with two attached hydrogens (primary N) is 2. The molecule has 0 rings (SSSR count). The molecule has 0 aromatic heterocycles. The van der Waals surface area contributed by atoms with Crippen molar-refractivity contribution in [1.82, 2.24) is 0 Å². The third-order valence-electron chi connectivity index (χ3n) is 5.22. The van der Waals surface area contributed by atoms with Crippen LogP contribution in [0.1, 0.15) is 91.9 Å². The monoisotopic (exact) mass is 500 g/mol. The molecule has 0 fully saturated rings. The van der Waals surface area contributed by atoms with Crippen LogP contribution in [-0.4, -0.2) is 34.6 Å². The molecule has 0 aliphatic carbocycles. The fourth-order valence-corrected chi connectivity index (χ4v) is 4.11. The molecule has 190 valence electrons. The lowest BCUT2D eigenvalue weighted by Gasteiger charge is -2.24. The van der Waals surface area contributed by atoms with E-state index in [2.05, 4.69) is 4.52 Å². The highest BCUT2D eigenvalue weighted by Crippen LogP contribution is 2.36. The van der Waals surface area contributed by atoms with Crippen molar-refractivity contribution in [3.05, 3.63) is 0 Å². The normalized spacial score (nSPS) is 16.4. The van der Waals surface area contributed by atoms with Gasteiger partial charge in [0, 0.05) is 25.7 Å². The van der Waals surface area contributed by atoms with Gasteiger partial charge in [0.1, 0.15) is 11.6 Å². The second kappa shape index (κ2) is 14.1. The summed E-state index contributed by atoms with van der Waals surface area (Å²) in [5.41, 5.74) is 9.41. The Morgan fingerprint density at radius 1 is 0.719 bits per heavy atom. The lowest BCUT2D eigenvalue weighted by Crippen LogP contribution is -2.20. The van der Waals surface area contributed by atoms with Crippen molar-refractivity contribution >= 4 is 27.1 Å². The summed E-state index contributed by atoms with van der Waals surface area (Å²) < 4.78 is 31.3. The van der Waals surface area contributed by atoms with Crippen LogP contribution in [0.5, 0.6) is 0 Å². The molecule has 0 amide bonds. The van der Waals surface area contributed by atoms with Gasteiger partial charge < -0.3 is 9.79 Å². The smallest absolute Gasteiger partial charge is 0.313 e. The Bertz CT molecular complexity index is 685. The number of hydrogen-bond donors (Lipinski definition) is 4. The standard InChI is InChI=1S/C20H42N2O8P2/c1-19(2,13-7-15-29-31(21,25)26)14-11-18(24)9-5-8-17(23)10-6-12-20(3,4)16-30-32(22,27)28/h5-16H2,1-4H3,(H3,21,25,26)(H3,22,27,28). The molecule has 0 spiro atoms. The zero-order valence-electron chi connectivity index (χ0n) is 19.9. The van der Waals surface area contributed by atoms with Crippen LogP contribution < -0.4 is 11.0 Å². The first kappa shape index (κ1) is 31.6. The molecule has 0 saturated heterocycles. The maximum absolute atomic E-state index is 12.1. The maximum atomic E-state index is 12.1. The van der Waals surface area contributed by atoms with Gasteiger partial charge in [0.05, 0.1) is 13.2 Å². The Balaban J connectivity index is 3.97. The first-order valence-electron chi connectivity index (χ1n) is 11.0. The van der Waals surface area contributed by atoms with Crippen LogP contribution in [0, 0.1) is 10.8 Å². The van der Waals surface area contributed by atoms with Crippen LogP contribution >= 0.6 is 15.5 Å². The Labute approximate surface area is 192 Å². The highest BCUT2D eigenvalue weighted by atomic mass is 31.2. The summed E-state index contributed by atoms with van der Waals surface area (Å²) in [4.78, 5) is 42.1. The number of ketones is 2. The van der Waals surface area contributed by atoms with Crippen LogP contribution in [0.15, 0.2) is 0 Å². The predicted octanol–water partition coefficient (Wildman–Crippen LogP) is 4.23. The van der Waals surface area contributed by atoms with E-state index in [9.17, 15) is 18.7 Å². The molecule has 10 nitrogen and oxygen atoms in total. The third-order valence-corrected chi connectivity index (χ3v) is 6.27. The van der Waals surface area contributed by atoms with Gasteiger partial charge in [0.15, 0.2) is 0 Å². The fourth-order valence-electron chi connectivity index (χ4n) is 3.19. The van der Waals surface area contributed by atoms with Crippen LogP contribution in [0.4, 0.5) is 0 Å². The molecule has 2 unspecified atom stereocenters. The molecular formula is C20H42N2O8P2. The first-order valence-corrected chi connectivity index (χ1v) is 14.3. The molecule has 12 heteroatoms. The Morgan fingerprint density at radius 2 is 1.19 bits per heavy atom. The fraction of sp³-hybridized carbons (Fsp3) is 0.900. The summed E-state index contributed by atoms with van der Waals surface area (Å²) >= 11 is 0. The van der Waals surface area contributed by atoms with Crippen LogP contribution in [0.3, 0.4) is 0 Å². The van der Waals surface area contributed by atoms with Crippen molar-refractivity contribution in [3.63, 3.8) is 0 Å². The van der Waals surface area contributed by atoms with Gasteiger partial charge in [-0.25, -0.2) is 20.1 Å². The summed E-state index contributed by atoms with van der Waals surface area (Å²) in [6.45, 7) is 7.96. The minimum absolute atomic E-state index is 0.0403. The summed E-state index contributed by atoms with van der Waals surface area (Å²) in [5, 5.41) is 0. The van der Waals surface area contributed by atoms with E-state index in [1.54, 1.807) is 0 Å². The maximum Gasteiger partial charge on any atom is 0.400 e. The van der Waals surface area contributed by atoms with E-state index < -0.39 is 15.5 Å². The minimum atomic E-state index is -4.00. The van der Waals surface area contributed by atoms with Crippen molar-refractivity contribution in [3.8, 4) is 0 Å². The van der Waals surface area contributed by atoms with Gasteiger partial charge in [0.2, 0.25) is 0 Å². The molecule has 0 aromatic carbocycles. The number of carbonyl (C=O) groups is 2. The molecule has 0 saturated carbocycles. The molecule has 6 N–H and O–H groups in total. The zero-order chi connectivity index (χ0) is 25.1. The lowest BCUT2D eigenvalue weighted by atomic mass is 9.82. The SMILES string of the molecule is CC(C)(CCCOP(N)(=O)O)CCC(=O)CCCC(=O)CCCC(C)(C)COP(N)(=O)O. The van der Waals surface area contributed by atoms with E-state index in [-0.39, 0.29) is 35.6 Å². The van der Waals surface area contributed by atoms with Crippen molar-refractivity contribution in [1.29, 1.82) is 0 Å². The van der Waals surface area contributed by atoms with Crippen LogP contribution in [0.25, 0.3) is 0 Å². The summed E-state index contributed by atoms with van der Waals surface area (Å²) in [6.07, 6.45) is 5.38. The summed E-state index contributed by atoms with van der Waals surface area (Å²) in [7, 11) is -7.93.